The molecule has 1 saturated carbocycles. The Morgan fingerprint density at radius 2 is 1.96 bits per heavy atom. The number of amides is 2. The van der Waals surface area contributed by atoms with Crippen LogP contribution in [0.2, 0.25) is 0 Å². The Labute approximate surface area is 147 Å². The van der Waals surface area contributed by atoms with Gasteiger partial charge in [0, 0.05) is 24.9 Å². The standard InChI is InChI=1S/C18H26N4O3/c1-4-14(23)22-9-7-13(8-10-22)17(24)19-15(11(2)3)18-20-16(21-25-18)12-5-6-12/h4,11-13,15H,1,5-10H2,2-3H3,(H,19,24). The first-order valence-electron chi connectivity index (χ1n) is 9.04. The van der Waals surface area contributed by atoms with E-state index in [1.807, 2.05) is 13.8 Å². The van der Waals surface area contributed by atoms with Crippen molar-refractivity contribution < 1.29 is 14.1 Å². The summed E-state index contributed by atoms with van der Waals surface area (Å²) < 4.78 is 5.40. The Kier molecular flexibility index (Phi) is 5.20. The number of piperidine rings is 1. The lowest BCUT2D eigenvalue weighted by atomic mass is 9.94. The van der Waals surface area contributed by atoms with Crippen molar-refractivity contribution in [3.8, 4) is 0 Å². The predicted molar refractivity (Wildman–Crippen MR) is 91.5 cm³/mol. The maximum absolute atomic E-state index is 12.7. The highest BCUT2D eigenvalue weighted by Gasteiger charge is 2.33. The molecule has 7 nitrogen and oxygen atoms in total. The highest BCUT2D eigenvalue weighted by molar-refractivity contribution is 5.87. The van der Waals surface area contributed by atoms with Gasteiger partial charge in [0.05, 0.1) is 0 Å². The van der Waals surface area contributed by atoms with Gasteiger partial charge in [0.2, 0.25) is 17.7 Å². The van der Waals surface area contributed by atoms with Gasteiger partial charge in [-0.25, -0.2) is 0 Å². The maximum Gasteiger partial charge on any atom is 0.249 e. The minimum absolute atomic E-state index is 0.00410. The maximum atomic E-state index is 12.7. The molecule has 3 rings (SSSR count). The van der Waals surface area contributed by atoms with E-state index in [0.717, 1.165) is 18.7 Å². The van der Waals surface area contributed by atoms with Gasteiger partial charge in [0.25, 0.3) is 0 Å². The van der Waals surface area contributed by atoms with E-state index in [4.69, 9.17) is 4.52 Å². The zero-order chi connectivity index (χ0) is 18.0. The number of aromatic nitrogens is 2. The monoisotopic (exact) mass is 346 g/mol. The number of hydrogen-bond acceptors (Lipinski definition) is 5. The summed E-state index contributed by atoms with van der Waals surface area (Å²) in [6.07, 6.45) is 4.86. The molecular weight excluding hydrogens is 320 g/mol. The molecule has 1 aliphatic heterocycles. The van der Waals surface area contributed by atoms with Crippen LogP contribution in [-0.4, -0.2) is 39.9 Å². The Hall–Kier alpha value is -2.18. The van der Waals surface area contributed by atoms with Gasteiger partial charge < -0.3 is 14.7 Å². The van der Waals surface area contributed by atoms with Crippen molar-refractivity contribution in [3.63, 3.8) is 0 Å². The Bertz CT molecular complexity index is 643. The average molecular weight is 346 g/mol. The zero-order valence-electron chi connectivity index (χ0n) is 14.9. The van der Waals surface area contributed by atoms with Crippen molar-refractivity contribution in [1.82, 2.24) is 20.4 Å². The van der Waals surface area contributed by atoms with Crippen molar-refractivity contribution in [3.05, 3.63) is 24.4 Å². The predicted octanol–water partition coefficient (Wildman–Crippen LogP) is 2.18. The fourth-order valence-electron chi connectivity index (χ4n) is 3.16. The summed E-state index contributed by atoms with van der Waals surface area (Å²) in [5.74, 6) is 1.65. The molecule has 2 aliphatic rings. The summed E-state index contributed by atoms with van der Waals surface area (Å²) in [6, 6.07) is -0.277. The molecule has 0 aromatic carbocycles. The van der Waals surface area contributed by atoms with Gasteiger partial charge in [-0.2, -0.15) is 4.98 Å². The molecule has 2 fully saturated rings. The highest BCUT2D eigenvalue weighted by Crippen LogP contribution is 2.38. The zero-order valence-corrected chi connectivity index (χ0v) is 14.9. The van der Waals surface area contributed by atoms with Crippen molar-refractivity contribution in [1.29, 1.82) is 0 Å². The quantitative estimate of drug-likeness (QED) is 0.798. The lowest BCUT2D eigenvalue weighted by Gasteiger charge is -2.31. The molecule has 136 valence electrons. The first-order valence-corrected chi connectivity index (χ1v) is 9.04. The van der Waals surface area contributed by atoms with Crippen molar-refractivity contribution >= 4 is 11.8 Å². The summed E-state index contributed by atoms with van der Waals surface area (Å²) in [5, 5.41) is 7.12. The molecule has 7 heteroatoms. The fraction of sp³-hybridized carbons (Fsp3) is 0.667. The molecule has 1 aromatic rings. The molecule has 2 heterocycles. The van der Waals surface area contributed by atoms with Crippen LogP contribution in [-0.2, 0) is 9.59 Å². The first kappa shape index (κ1) is 17.6. The van der Waals surface area contributed by atoms with E-state index in [1.165, 1.54) is 6.08 Å². The van der Waals surface area contributed by atoms with E-state index in [-0.39, 0.29) is 29.7 Å². The molecule has 0 spiro atoms. The van der Waals surface area contributed by atoms with Crippen LogP contribution in [0.4, 0.5) is 0 Å². The number of likely N-dealkylation sites (tertiary alicyclic amines) is 1. The third kappa shape index (κ3) is 4.08. The molecule has 1 N–H and O–H groups in total. The largest absolute Gasteiger partial charge is 0.344 e. The fourth-order valence-corrected chi connectivity index (χ4v) is 3.16. The molecule has 1 saturated heterocycles. The van der Waals surface area contributed by atoms with Gasteiger partial charge in [0.1, 0.15) is 6.04 Å². The van der Waals surface area contributed by atoms with Crippen molar-refractivity contribution in [2.24, 2.45) is 11.8 Å². The van der Waals surface area contributed by atoms with Crippen LogP contribution >= 0.6 is 0 Å². The van der Waals surface area contributed by atoms with Gasteiger partial charge >= 0.3 is 0 Å². The number of nitrogens with zero attached hydrogens (tertiary/aromatic N) is 3. The van der Waals surface area contributed by atoms with E-state index < -0.39 is 0 Å². The summed E-state index contributed by atoms with van der Waals surface area (Å²) in [4.78, 5) is 30.5. The molecule has 0 radical (unpaired) electrons. The summed E-state index contributed by atoms with van der Waals surface area (Å²) in [7, 11) is 0. The average Bonchev–Trinajstić information content (AvgIpc) is 3.36. The molecule has 1 aliphatic carbocycles. The molecular formula is C18H26N4O3. The molecule has 1 aromatic heterocycles. The molecule has 1 unspecified atom stereocenters. The van der Waals surface area contributed by atoms with E-state index in [0.29, 0.717) is 37.7 Å². The van der Waals surface area contributed by atoms with E-state index in [1.54, 1.807) is 4.90 Å². The number of carbonyl (C=O) groups excluding carboxylic acids is 2. The Morgan fingerprint density at radius 3 is 2.52 bits per heavy atom. The van der Waals surface area contributed by atoms with Gasteiger partial charge in [-0.05, 0) is 37.7 Å². The van der Waals surface area contributed by atoms with Crippen LogP contribution in [0.25, 0.3) is 0 Å². The summed E-state index contributed by atoms with van der Waals surface area (Å²) >= 11 is 0. The topological polar surface area (TPSA) is 88.3 Å². The summed E-state index contributed by atoms with van der Waals surface area (Å²) in [6.45, 7) is 8.73. The van der Waals surface area contributed by atoms with E-state index in [9.17, 15) is 9.59 Å². The van der Waals surface area contributed by atoms with E-state index >= 15 is 0 Å². The third-order valence-corrected chi connectivity index (χ3v) is 4.98. The van der Waals surface area contributed by atoms with Crippen LogP contribution in [0, 0.1) is 11.8 Å². The molecule has 0 bridgehead atoms. The van der Waals surface area contributed by atoms with E-state index in [2.05, 4.69) is 22.0 Å². The smallest absolute Gasteiger partial charge is 0.249 e. The lowest BCUT2D eigenvalue weighted by Crippen LogP contribution is -2.44. The number of nitrogens with one attached hydrogen (secondary N) is 1. The van der Waals surface area contributed by atoms with Gasteiger partial charge in [-0.15, -0.1) is 0 Å². The second-order valence-electron chi connectivity index (χ2n) is 7.30. The number of rotatable bonds is 6. The number of hydrogen-bond donors (Lipinski definition) is 1. The van der Waals surface area contributed by atoms with Crippen LogP contribution < -0.4 is 5.32 Å². The van der Waals surface area contributed by atoms with Crippen LogP contribution in [0.15, 0.2) is 17.2 Å². The van der Waals surface area contributed by atoms with Gasteiger partial charge in [0.15, 0.2) is 5.82 Å². The minimum Gasteiger partial charge on any atom is -0.344 e. The normalized spacial score (nSPS) is 19.7. The lowest BCUT2D eigenvalue weighted by molar-refractivity contribution is -0.132. The molecule has 2 amide bonds. The highest BCUT2D eigenvalue weighted by atomic mass is 16.5. The third-order valence-electron chi connectivity index (χ3n) is 4.98. The second-order valence-corrected chi connectivity index (χ2v) is 7.30. The van der Waals surface area contributed by atoms with Crippen LogP contribution in [0.3, 0.4) is 0 Å². The minimum atomic E-state index is -0.277. The Morgan fingerprint density at radius 1 is 1.28 bits per heavy atom. The van der Waals surface area contributed by atoms with Gasteiger partial charge in [-0.3, -0.25) is 9.59 Å². The van der Waals surface area contributed by atoms with Crippen LogP contribution in [0.5, 0.6) is 0 Å². The first-order chi connectivity index (χ1) is 12.0. The second kappa shape index (κ2) is 7.37. The molecule has 1 atom stereocenters. The molecule has 25 heavy (non-hydrogen) atoms. The van der Waals surface area contributed by atoms with Crippen molar-refractivity contribution in [2.45, 2.75) is 51.5 Å². The number of carbonyl (C=O) groups is 2. The van der Waals surface area contributed by atoms with Crippen LogP contribution in [0.1, 0.15) is 63.2 Å². The van der Waals surface area contributed by atoms with Gasteiger partial charge in [-0.1, -0.05) is 25.6 Å². The summed E-state index contributed by atoms with van der Waals surface area (Å²) in [5.41, 5.74) is 0. The van der Waals surface area contributed by atoms with Crippen molar-refractivity contribution in [2.75, 3.05) is 13.1 Å². The SMILES string of the molecule is C=CC(=O)N1CCC(C(=O)NC(c2nc(C3CC3)no2)C(C)C)CC1. The Balaban J connectivity index is 1.59.